The van der Waals surface area contributed by atoms with E-state index in [4.69, 9.17) is 20.3 Å². The van der Waals surface area contributed by atoms with E-state index in [-0.39, 0.29) is 11.6 Å². The van der Waals surface area contributed by atoms with E-state index in [0.29, 0.717) is 25.7 Å². The average Bonchev–Trinajstić information content (AvgIpc) is 3.57. The van der Waals surface area contributed by atoms with Crippen LogP contribution in [0.3, 0.4) is 0 Å². The molecule has 4 rings (SSSR count). The Bertz CT molecular complexity index is 1540. The average molecular weight is 645 g/mol. The predicted molar refractivity (Wildman–Crippen MR) is 161 cm³/mol. The fourth-order valence-electron chi connectivity index (χ4n) is 3.33. The van der Waals surface area contributed by atoms with Crippen LogP contribution in [0.4, 0.5) is 0 Å². The zero-order valence-corrected chi connectivity index (χ0v) is 25.2. The number of hydrogen-bond acceptors (Lipinski definition) is 8. The molecular weight excluding hydrogens is 619 g/mol. The van der Waals surface area contributed by atoms with Crippen molar-refractivity contribution in [3.8, 4) is 10.4 Å². The highest BCUT2D eigenvalue weighted by molar-refractivity contribution is 9.10. The first kappa shape index (κ1) is 32.8. The fourth-order valence-corrected chi connectivity index (χ4v) is 5.45. The second-order valence-corrected chi connectivity index (χ2v) is 11.4. The van der Waals surface area contributed by atoms with Crippen molar-refractivity contribution in [2.45, 2.75) is 27.7 Å². The van der Waals surface area contributed by atoms with Crippen molar-refractivity contribution in [1.82, 2.24) is 0 Å². The van der Waals surface area contributed by atoms with Gasteiger partial charge in [-0.2, -0.15) is 0 Å². The number of aromatic carboxylic acids is 2. The van der Waals surface area contributed by atoms with Crippen molar-refractivity contribution in [2.24, 2.45) is 0 Å². The maximum atomic E-state index is 11.3. The molecule has 0 aliphatic carbocycles. The molecule has 0 aliphatic rings. The van der Waals surface area contributed by atoms with Gasteiger partial charge in [-0.25, -0.2) is 9.59 Å². The molecule has 0 bridgehead atoms. The fraction of sp³-hybridized carbons (Fsp3) is 0.143. The van der Waals surface area contributed by atoms with Crippen molar-refractivity contribution < 1.29 is 39.4 Å². The quantitative estimate of drug-likeness (QED) is 0.154. The summed E-state index contributed by atoms with van der Waals surface area (Å²) in [6.07, 6.45) is 0. The van der Waals surface area contributed by atoms with Crippen LogP contribution in [0, 0.1) is 13.8 Å². The molecule has 8 nitrogen and oxygen atoms in total. The summed E-state index contributed by atoms with van der Waals surface area (Å²) in [5.74, 6) is -1.85. The Kier molecular flexibility index (Phi) is 12.2. The molecule has 4 aromatic rings. The van der Waals surface area contributed by atoms with Gasteiger partial charge in [-0.05, 0) is 80.8 Å². The maximum Gasteiger partial charge on any atom is 0.499 e. The van der Waals surface area contributed by atoms with E-state index in [2.05, 4.69) is 15.9 Å². The van der Waals surface area contributed by atoms with Crippen molar-refractivity contribution in [3.05, 3.63) is 97.1 Å². The first-order chi connectivity index (χ1) is 18.7. The van der Waals surface area contributed by atoms with Gasteiger partial charge in [-0.3, -0.25) is 9.59 Å². The minimum atomic E-state index is -1.46. The van der Waals surface area contributed by atoms with E-state index in [9.17, 15) is 19.2 Å². The lowest BCUT2D eigenvalue weighted by atomic mass is 9.90. The number of halogens is 1. The molecule has 0 saturated heterocycles. The van der Waals surface area contributed by atoms with Gasteiger partial charge in [0.05, 0.1) is 20.9 Å². The lowest BCUT2D eigenvalue weighted by Crippen LogP contribution is -2.26. The second kappa shape index (κ2) is 14.8. The largest absolute Gasteiger partial charge is 0.499 e. The van der Waals surface area contributed by atoms with Crippen LogP contribution < -0.4 is 4.78 Å². The Morgan fingerprint density at radius 2 is 1.20 bits per heavy atom. The highest BCUT2D eigenvalue weighted by Crippen LogP contribution is 2.32. The summed E-state index contributed by atoms with van der Waals surface area (Å²) in [7, 11) is -1.46. The summed E-state index contributed by atoms with van der Waals surface area (Å²) >= 11 is 5.74. The number of rotatable bonds is 6. The zero-order chi connectivity index (χ0) is 30.1. The molecule has 12 heteroatoms. The summed E-state index contributed by atoms with van der Waals surface area (Å²) < 4.78 is 1.23. The van der Waals surface area contributed by atoms with Gasteiger partial charge in [0.2, 0.25) is 0 Å². The van der Waals surface area contributed by atoms with Crippen molar-refractivity contribution in [3.63, 3.8) is 0 Å². The molecule has 2 heterocycles. The van der Waals surface area contributed by atoms with Gasteiger partial charge < -0.3 is 20.3 Å². The Morgan fingerprint density at radius 3 is 1.62 bits per heavy atom. The van der Waals surface area contributed by atoms with Crippen LogP contribution in [0.15, 0.2) is 65.1 Å². The number of hydrogen-bond donors (Lipinski definition) is 4. The van der Waals surface area contributed by atoms with E-state index in [1.54, 1.807) is 50.2 Å². The van der Waals surface area contributed by atoms with Crippen LogP contribution in [0.2, 0.25) is 0 Å². The van der Waals surface area contributed by atoms with Gasteiger partial charge in [0.1, 0.15) is 0 Å². The molecule has 0 amide bonds. The SMILES string of the molecule is CC(=O)c1ccc(-c2cccc(C(=O)O)c2C)s1.CC(=O)c1ccc(B(O)O)s1.Cc1c(Br)cccc1C(=O)O. The monoisotopic (exact) mass is 644 g/mol. The first-order valence-corrected chi connectivity index (χ1v) is 14.1. The Balaban J connectivity index is 0.000000222. The highest BCUT2D eigenvalue weighted by atomic mass is 79.9. The third kappa shape index (κ3) is 8.80. The maximum absolute atomic E-state index is 11.3. The topological polar surface area (TPSA) is 149 Å². The molecule has 40 heavy (non-hydrogen) atoms. The summed E-state index contributed by atoms with van der Waals surface area (Å²) in [5.41, 5.74) is 3.00. The standard InChI is InChI=1S/C14H12O3S.C8H7BrO2.C6H7BO3S/c1-8-10(4-3-5-11(8)14(16)17)13-7-6-12(18-13)9(2)15;1-5-6(8(10)11)3-2-4-7(5)9;1-4(8)5-2-3-6(11-5)7(9)10/h3-7H,1-2H3,(H,16,17);2-4H,1H3,(H,10,11);2-3,9-10H,1H3. The summed E-state index contributed by atoms with van der Waals surface area (Å²) in [6.45, 7) is 6.52. The number of ketones is 2. The van der Waals surface area contributed by atoms with Gasteiger partial charge in [-0.15, -0.1) is 22.7 Å². The summed E-state index contributed by atoms with van der Waals surface area (Å²) in [4.78, 5) is 45.8. The predicted octanol–water partition coefficient (Wildman–Crippen LogP) is 5.71. The van der Waals surface area contributed by atoms with Gasteiger partial charge in [0.25, 0.3) is 0 Å². The third-order valence-corrected chi connectivity index (χ3v) is 8.81. The van der Waals surface area contributed by atoms with Crippen LogP contribution in [-0.2, 0) is 0 Å². The molecule has 0 atom stereocenters. The Labute approximate surface area is 247 Å². The van der Waals surface area contributed by atoms with Gasteiger partial charge in [-0.1, -0.05) is 40.2 Å². The Morgan fingerprint density at radius 1 is 0.700 bits per heavy atom. The minimum absolute atomic E-state index is 0.0262. The van der Waals surface area contributed by atoms with E-state index in [1.807, 2.05) is 18.2 Å². The smallest absolute Gasteiger partial charge is 0.478 e. The van der Waals surface area contributed by atoms with E-state index < -0.39 is 19.1 Å². The van der Waals surface area contributed by atoms with Crippen LogP contribution in [0.25, 0.3) is 10.4 Å². The number of carbonyl (C=O) groups is 4. The van der Waals surface area contributed by atoms with Crippen molar-refractivity contribution in [2.75, 3.05) is 0 Å². The molecule has 0 unspecified atom stereocenters. The molecule has 208 valence electrons. The molecule has 4 N–H and O–H groups in total. The molecule has 2 aromatic carbocycles. The van der Waals surface area contributed by atoms with E-state index >= 15 is 0 Å². The van der Waals surface area contributed by atoms with Gasteiger partial charge >= 0.3 is 19.1 Å². The number of thiophene rings is 2. The van der Waals surface area contributed by atoms with Gasteiger partial charge in [0, 0.05) is 14.1 Å². The Hall–Kier alpha value is -3.42. The zero-order valence-electron chi connectivity index (χ0n) is 22.0. The second-order valence-electron chi connectivity index (χ2n) is 8.35. The summed E-state index contributed by atoms with van der Waals surface area (Å²) in [6, 6.07) is 17.0. The minimum Gasteiger partial charge on any atom is -0.478 e. The van der Waals surface area contributed by atoms with Crippen molar-refractivity contribution >= 4 is 74.0 Å². The lowest BCUT2D eigenvalue weighted by molar-refractivity contribution is 0.0685. The molecule has 0 saturated carbocycles. The van der Waals surface area contributed by atoms with E-state index in [0.717, 1.165) is 37.4 Å². The number of carbonyl (C=O) groups excluding carboxylic acids is 2. The number of carboxylic acids is 2. The molecule has 2 aromatic heterocycles. The first-order valence-electron chi connectivity index (χ1n) is 11.6. The van der Waals surface area contributed by atoms with Crippen LogP contribution >= 0.6 is 38.6 Å². The lowest BCUT2D eigenvalue weighted by Gasteiger charge is -2.06. The van der Waals surface area contributed by atoms with Crippen molar-refractivity contribution in [1.29, 1.82) is 0 Å². The third-order valence-electron chi connectivity index (χ3n) is 5.51. The molecule has 0 spiro atoms. The van der Waals surface area contributed by atoms with E-state index in [1.165, 1.54) is 31.3 Å². The molecule has 0 aliphatic heterocycles. The van der Waals surface area contributed by atoms with Crippen LogP contribution in [0.1, 0.15) is 65.0 Å². The van der Waals surface area contributed by atoms with Gasteiger partial charge in [0.15, 0.2) is 11.6 Å². The van der Waals surface area contributed by atoms with Crippen LogP contribution in [0.5, 0.6) is 0 Å². The molecule has 0 radical (unpaired) electrons. The molecule has 0 fully saturated rings. The molecular formula is C28H26BBrO8S2. The highest BCUT2D eigenvalue weighted by Gasteiger charge is 2.15. The number of carboxylic acid groups (broad SMARTS) is 2. The summed E-state index contributed by atoms with van der Waals surface area (Å²) in [5, 5.41) is 35.1. The normalized spacial score (nSPS) is 9.97. The number of Topliss-reactive ketones (excluding diaryl/α,β-unsaturated/α-hetero) is 2. The number of benzene rings is 2. The van der Waals surface area contributed by atoms with Crippen LogP contribution in [-0.4, -0.2) is 50.9 Å².